The molecule has 1 aromatic heterocycles. The van der Waals surface area contributed by atoms with Gasteiger partial charge in [0.15, 0.2) is 11.6 Å². The molecule has 1 saturated heterocycles. The lowest BCUT2D eigenvalue weighted by molar-refractivity contribution is -0.136. The summed E-state index contributed by atoms with van der Waals surface area (Å²) < 4.78 is 65.4. The molecule has 1 aliphatic heterocycles. The van der Waals surface area contributed by atoms with E-state index >= 15 is 0 Å². The molecule has 1 N–H and O–H groups in total. The van der Waals surface area contributed by atoms with Crippen LogP contribution in [0.3, 0.4) is 0 Å². The zero-order chi connectivity index (χ0) is 35.6. The van der Waals surface area contributed by atoms with Crippen LogP contribution in [0.5, 0.6) is 5.75 Å². The summed E-state index contributed by atoms with van der Waals surface area (Å²) in [6.45, 7) is 1.30. The van der Waals surface area contributed by atoms with Crippen LogP contribution >= 0.6 is 34.8 Å². The second-order valence-electron chi connectivity index (χ2n) is 10.9. The van der Waals surface area contributed by atoms with Crippen molar-refractivity contribution in [3.63, 3.8) is 0 Å². The SMILES string of the molecule is CC(C)=C1OC(=O)N(c2cc(OC3CCCC3)c(Cl)cc2F)C1=O.Cc1nn(-c2cc(CC(Cl)C(=O)O)c(Cl)cc2F)c(=O)n1C(F)F. The van der Waals surface area contributed by atoms with E-state index in [0.29, 0.717) is 15.2 Å². The van der Waals surface area contributed by atoms with Crippen molar-refractivity contribution >= 4 is 58.5 Å². The number of nitrogens with zero attached hydrogens (tertiary/aromatic N) is 4. The Morgan fingerprint density at radius 2 is 1.65 bits per heavy atom. The molecule has 1 saturated carbocycles. The third-order valence-electron chi connectivity index (χ3n) is 7.25. The number of benzene rings is 2. The number of aliphatic carboxylic acids is 1. The maximum absolute atomic E-state index is 14.3. The fraction of sp³-hybridized carbons (Fsp3) is 0.367. The highest BCUT2D eigenvalue weighted by Crippen LogP contribution is 2.37. The topological polar surface area (TPSA) is 133 Å². The molecule has 0 bridgehead atoms. The van der Waals surface area contributed by atoms with Crippen molar-refractivity contribution in [2.45, 2.75) is 70.9 Å². The van der Waals surface area contributed by atoms with Crippen molar-refractivity contribution in [2.75, 3.05) is 4.90 Å². The van der Waals surface area contributed by atoms with Gasteiger partial charge in [-0.1, -0.05) is 23.2 Å². The third kappa shape index (κ3) is 7.79. The summed E-state index contributed by atoms with van der Waals surface area (Å²) in [6, 6.07) is 4.21. The Bertz CT molecular complexity index is 1850. The number of rotatable bonds is 8. The van der Waals surface area contributed by atoms with Gasteiger partial charge in [-0.2, -0.15) is 13.5 Å². The van der Waals surface area contributed by atoms with Crippen LogP contribution in [0.25, 0.3) is 5.69 Å². The predicted molar refractivity (Wildman–Crippen MR) is 166 cm³/mol. The fourth-order valence-corrected chi connectivity index (χ4v) is 5.48. The van der Waals surface area contributed by atoms with Gasteiger partial charge in [0.2, 0.25) is 0 Å². The van der Waals surface area contributed by atoms with E-state index in [2.05, 4.69) is 5.10 Å². The first-order valence-electron chi connectivity index (χ1n) is 14.2. The van der Waals surface area contributed by atoms with Gasteiger partial charge in [0.05, 0.1) is 16.8 Å². The predicted octanol–water partition coefficient (Wildman–Crippen LogP) is 7.34. The first kappa shape index (κ1) is 36.8. The molecule has 48 heavy (non-hydrogen) atoms. The lowest BCUT2D eigenvalue weighted by Gasteiger charge is -2.18. The number of alkyl halides is 3. The van der Waals surface area contributed by atoms with Gasteiger partial charge in [0, 0.05) is 17.5 Å². The second-order valence-corrected chi connectivity index (χ2v) is 12.2. The van der Waals surface area contributed by atoms with Gasteiger partial charge in [0.1, 0.15) is 28.5 Å². The van der Waals surface area contributed by atoms with E-state index in [1.165, 1.54) is 6.07 Å². The van der Waals surface area contributed by atoms with Crippen molar-refractivity contribution in [3.8, 4) is 11.4 Å². The maximum Gasteiger partial charge on any atom is 0.427 e. The molecule has 2 amide bonds. The summed E-state index contributed by atoms with van der Waals surface area (Å²) in [7, 11) is 0. The summed E-state index contributed by atoms with van der Waals surface area (Å²) in [6.07, 6.45) is 2.74. The van der Waals surface area contributed by atoms with Crippen LogP contribution in [0, 0.1) is 18.6 Å². The van der Waals surface area contributed by atoms with Gasteiger partial charge in [-0.15, -0.1) is 16.7 Å². The number of ether oxygens (including phenoxy) is 2. The zero-order valence-electron chi connectivity index (χ0n) is 25.4. The molecular formula is C30H27Cl3F4N4O7. The smallest absolute Gasteiger partial charge is 0.427 e. The molecule has 3 aromatic rings. The number of carboxylic acid groups (broad SMARTS) is 1. The number of carbonyl (C=O) groups is 3. The fourth-order valence-electron chi connectivity index (χ4n) is 4.89. The van der Waals surface area contributed by atoms with Crippen LogP contribution in [-0.4, -0.2) is 48.9 Å². The van der Waals surface area contributed by atoms with Crippen LogP contribution in [0.1, 0.15) is 57.5 Å². The van der Waals surface area contributed by atoms with Crippen LogP contribution in [0.4, 0.5) is 28.0 Å². The minimum Gasteiger partial charge on any atom is -0.489 e. The van der Waals surface area contributed by atoms with Gasteiger partial charge < -0.3 is 14.6 Å². The number of imide groups is 1. The van der Waals surface area contributed by atoms with E-state index in [9.17, 15) is 36.7 Å². The lowest BCUT2D eigenvalue weighted by Crippen LogP contribution is -2.29. The first-order chi connectivity index (χ1) is 22.5. The Labute approximate surface area is 285 Å². The molecule has 0 spiro atoms. The van der Waals surface area contributed by atoms with Crippen molar-refractivity contribution in [2.24, 2.45) is 0 Å². The van der Waals surface area contributed by atoms with Crippen LogP contribution in [-0.2, 0) is 20.7 Å². The van der Waals surface area contributed by atoms with Crippen molar-refractivity contribution < 1.29 is 46.5 Å². The van der Waals surface area contributed by atoms with Gasteiger partial charge in [-0.25, -0.2) is 27.8 Å². The number of anilines is 1. The van der Waals surface area contributed by atoms with Gasteiger partial charge in [-0.05, 0) is 75.8 Å². The number of aromatic nitrogens is 3. The third-order valence-corrected chi connectivity index (χ3v) is 8.24. The molecule has 2 aliphatic rings. The Morgan fingerprint density at radius 1 is 1.04 bits per heavy atom. The Morgan fingerprint density at radius 3 is 2.19 bits per heavy atom. The summed E-state index contributed by atoms with van der Waals surface area (Å²) >= 11 is 17.5. The van der Waals surface area contributed by atoms with Crippen molar-refractivity contribution in [3.05, 3.63) is 79.1 Å². The minimum absolute atomic E-state index is 0.00962. The molecule has 0 radical (unpaired) electrons. The van der Waals surface area contributed by atoms with E-state index in [1.807, 2.05) is 0 Å². The molecule has 18 heteroatoms. The number of carbonyl (C=O) groups excluding carboxylic acids is 2. The molecular weight excluding hydrogens is 711 g/mol. The number of carboxylic acids is 1. The molecule has 1 aliphatic carbocycles. The van der Waals surface area contributed by atoms with Gasteiger partial charge in [0.25, 0.3) is 0 Å². The number of hydrogen-bond donors (Lipinski definition) is 1. The van der Waals surface area contributed by atoms with Crippen molar-refractivity contribution in [1.82, 2.24) is 14.3 Å². The molecule has 1 unspecified atom stereocenters. The Kier molecular flexibility index (Phi) is 11.5. The number of amides is 2. The normalized spacial score (nSPS) is 15.5. The number of hydrogen-bond acceptors (Lipinski definition) is 7. The molecule has 1 atom stereocenters. The molecule has 2 aromatic carbocycles. The van der Waals surface area contributed by atoms with Crippen LogP contribution in [0.15, 0.2) is 40.4 Å². The highest BCUT2D eigenvalue weighted by atomic mass is 35.5. The lowest BCUT2D eigenvalue weighted by atomic mass is 10.1. The summed E-state index contributed by atoms with van der Waals surface area (Å²) in [5.41, 5.74) is -1.23. The molecule has 2 fully saturated rings. The molecule has 11 nitrogen and oxygen atoms in total. The largest absolute Gasteiger partial charge is 0.489 e. The highest BCUT2D eigenvalue weighted by Gasteiger charge is 2.40. The second kappa shape index (κ2) is 15.0. The van der Waals surface area contributed by atoms with Crippen LogP contribution < -0.4 is 15.3 Å². The maximum atomic E-state index is 14.3. The number of allylic oxidation sites excluding steroid dienone is 1. The summed E-state index contributed by atoms with van der Waals surface area (Å²) in [4.78, 5) is 47.8. The van der Waals surface area contributed by atoms with E-state index in [-0.39, 0.29) is 55.7 Å². The van der Waals surface area contributed by atoms with Crippen LogP contribution in [0.2, 0.25) is 10.0 Å². The van der Waals surface area contributed by atoms with E-state index in [4.69, 9.17) is 49.4 Å². The average Bonchev–Trinajstić information content (AvgIpc) is 3.69. The molecule has 2 heterocycles. The van der Waals surface area contributed by atoms with E-state index < -0.39 is 52.9 Å². The monoisotopic (exact) mass is 736 g/mol. The van der Waals surface area contributed by atoms with E-state index in [0.717, 1.165) is 50.8 Å². The number of halogens is 7. The van der Waals surface area contributed by atoms with E-state index in [1.54, 1.807) is 13.8 Å². The highest BCUT2D eigenvalue weighted by molar-refractivity contribution is 6.33. The first-order valence-corrected chi connectivity index (χ1v) is 15.4. The molecule has 258 valence electrons. The van der Waals surface area contributed by atoms with Gasteiger partial charge in [-0.3, -0.25) is 9.59 Å². The van der Waals surface area contributed by atoms with Gasteiger partial charge >= 0.3 is 30.2 Å². The summed E-state index contributed by atoms with van der Waals surface area (Å²) in [5, 5.41) is 11.1. The number of cyclic esters (lactones) is 1. The summed E-state index contributed by atoms with van der Waals surface area (Å²) in [5.74, 6) is -3.93. The standard InChI is InChI=1S/C17H17ClFNO4.C13H10Cl2F3N3O3/c1-9(2)15-16(21)20(17(22)24-15)13-8-14(11(18)7-12(13)19)23-10-5-3-4-6-10;1-5-19-21(13(24)20(5)12(17)18)10-3-6(2-8(15)11(22)23)7(14)4-9(10)16/h7-8,10H,3-6H2,1-2H3;3-4,8,12H,2H2,1H3,(H,22,23). The Balaban J connectivity index is 0.000000217. The average molecular weight is 738 g/mol. The zero-order valence-corrected chi connectivity index (χ0v) is 27.7. The van der Waals surface area contributed by atoms with Crippen molar-refractivity contribution in [1.29, 1.82) is 0 Å². The molecule has 5 rings (SSSR count). The quantitative estimate of drug-likeness (QED) is 0.144. The minimum atomic E-state index is -3.14. The Hall–Kier alpha value is -4.08. The number of aryl methyl sites for hydroxylation is 1.